The van der Waals surface area contributed by atoms with Gasteiger partial charge in [0.2, 0.25) is 10.0 Å². The van der Waals surface area contributed by atoms with Gasteiger partial charge in [0, 0.05) is 16.7 Å². The highest BCUT2D eigenvalue weighted by Gasteiger charge is 2.27. The minimum Gasteiger partial charge on any atom is -0.398 e. The number of nitrogen functional groups attached to an aromatic ring is 1. The molecular formula is C10H13BrF2N2O3S. The predicted octanol–water partition coefficient (Wildman–Crippen LogP) is 1.28. The van der Waals surface area contributed by atoms with Gasteiger partial charge in [-0.1, -0.05) is 0 Å². The average Bonchev–Trinajstić information content (AvgIpc) is 2.31. The fourth-order valence-electron chi connectivity index (χ4n) is 1.39. The number of nitrogens with zero attached hydrogens (tertiary/aromatic N) is 1. The lowest BCUT2D eigenvalue weighted by Gasteiger charge is -2.21. The summed E-state index contributed by atoms with van der Waals surface area (Å²) in [6.45, 7) is -1.90. The monoisotopic (exact) mass is 358 g/mol. The number of hydrogen-bond donors (Lipinski definition) is 2. The van der Waals surface area contributed by atoms with Crippen molar-refractivity contribution in [2.75, 3.05) is 25.4 Å². The smallest absolute Gasteiger partial charge is 0.252 e. The number of aliphatic hydroxyl groups excluding tert-OH is 1. The Bertz CT molecular complexity index is 540. The molecule has 0 saturated carbocycles. The zero-order valence-corrected chi connectivity index (χ0v) is 12.2. The Morgan fingerprint density at radius 1 is 1.42 bits per heavy atom. The number of aliphatic hydroxyl groups is 1. The number of alkyl halides is 2. The standard InChI is InChI=1S/C10H13BrF2N2O3S/c11-8-5-7(1-2-9(8)14)19(17,18)15(3-4-16)6-10(12)13/h1-2,5,10,16H,3-4,6,14H2. The molecule has 0 aromatic heterocycles. The molecule has 0 fully saturated rings. The van der Waals surface area contributed by atoms with Gasteiger partial charge in [0.25, 0.3) is 6.43 Å². The van der Waals surface area contributed by atoms with Crippen molar-refractivity contribution in [1.82, 2.24) is 4.31 Å². The SMILES string of the molecule is Nc1ccc(S(=O)(=O)N(CCO)CC(F)F)cc1Br. The van der Waals surface area contributed by atoms with Gasteiger partial charge in [-0.15, -0.1) is 0 Å². The first-order valence-corrected chi connectivity index (χ1v) is 7.46. The molecule has 3 N–H and O–H groups in total. The second kappa shape index (κ2) is 6.60. The number of sulfonamides is 1. The zero-order valence-electron chi connectivity index (χ0n) is 9.76. The van der Waals surface area contributed by atoms with E-state index in [1.54, 1.807) is 0 Å². The summed E-state index contributed by atoms with van der Waals surface area (Å²) in [5, 5.41) is 8.78. The molecular weight excluding hydrogens is 346 g/mol. The van der Waals surface area contributed by atoms with E-state index < -0.39 is 36.1 Å². The molecule has 0 amide bonds. The van der Waals surface area contributed by atoms with Gasteiger partial charge in [0.15, 0.2) is 0 Å². The molecule has 0 aliphatic heterocycles. The van der Waals surface area contributed by atoms with Crippen LogP contribution in [0.3, 0.4) is 0 Å². The Balaban J connectivity index is 3.14. The van der Waals surface area contributed by atoms with Crippen LogP contribution in [-0.4, -0.2) is 44.0 Å². The van der Waals surface area contributed by atoms with Crippen LogP contribution in [0, 0.1) is 0 Å². The first kappa shape index (κ1) is 16.3. The van der Waals surface area contributed by atoms with Gasteiger partial charge in [-0.05, 0) is 34.1 Å². The van der Waals surface area contributed by atoms with E-state index in [0.29, 0.717) is 14.5 Å². The fraction of sp³-hybridized carbons (Fsp3) is 0.400. The lowest BCUT2D eigenvalue weighted by Crippen LogP contribution is -2.37. The Kier molecular flexibility index (Phi) is 5.65. The molecule has 0 bridgehead atoms. The summed E-state index contributed by atoms with van der Waals surface area (Å²) in [7, 11) is -4.09. The highest BCUT2D eigenvalue weighted by molar-refractivity contribution is 9.10. The van der Waals surface area contributed by atoms with E-state index in [1.807, 2.05) is 0 Å². The third-order valence-corrected chi connectivity index (χ3v) is 4.85. The first-order chi connectivity index (χ1) is 8.78. The van der Waals surface area contributed by atoms with Crippen LogP contribution in [-0.2, 0) is 10.0 Å². The predicted molar refractivity (Wildman–Crippen MR) is 70.4 cm³/mol. The summed E-state index contributed by atoms with van der Waals surface area (Å²) in [6, 6.07) is 3.82. The van der Waals surface area contributed by atoms with Crippen molar-refractivity contribution in [2.24, 2.45) is 0 Å². The molecule has 0 unspecified atom stereocenters. The van der Waals surface area contributed by atoms with Gasteiger partial charge in [0.1, 0.15) is 0 Å². The third-order valence-electron chi connectivity index (χ3n) is 2.30. The summed E-state index contributed by atoms with van der Waals surface area (Å²) in [5.74, 6) is 0. The highest BCUT2D eigenvalue weighted by Crippen LogP contribution is 2.25. The lowest BCUT2D eigenvalue weighted by molar-refractivity contribution is 0.113. The van der Waals surface area contributed by atoms with Crippen LogP contribution in [0.5, 0.6) is 0 Å². The molecule has 0 aliphatic rings. The normalized spacial score (nSPS) is 12.3. The maximum absolute atomic E-state index is 12.4. The molecule has 108 valence electrons. The molecule has 0 aliphatic carbocycles. The molecule has 19 heavy (non-hydrogen) atoms. The molecule has 9 heteroatoms. The Labute approximate surface area is 118 Å². The van der Waals surface area contributed by atoms with Gasteiger partial charge in [-0.3, -0.25) is 0 Å². The minimum absolute atomic E-state index is 0.164. The summed E-state index contributed by atoms with van der Waals surface area (Å²) in [4.78, 5) is -0.164. The van der Waals surface area contributed by atoms with Gasteiger partial charge in [-0.25, -0.2) is 17.2 Å². The van der Waals surface area contributed by atoms with Crippen LogP contribution in [0.4, 0.5) is 14.5 Å². The van der Waals surface area contributed by atoms with E-state index in [4.69, 9.17) is 10.8 Å². The van der Waals surface area contributed by atoms with Crippen molar-refractivity contribution in [3.05, 3.63) is 22.7 Å². The van der Waals surface area contributed by atoms with Gasteiger partial charge < -0.3 is 10.8 Å². The van der Waals surface area contributed by atoms with Crippen molar-refractivity contribution in [2.45, 2.75) is 11.3 Å². The number of anilines is 1. The van der Waals surface area contributed by atoms with E-state index in [1.165, 1.54) is 18.2 Å². The van der Waals surface area contributed by atoms with Crippen molar-refractivity contribution in [3.63, 3.8) is 0 Å². The van der Waals surface area contributed by atoms with E-state index in [2.05, 4.69) is 15.9 Å². The molecule has 0 saturated heterocycles. The van der Waals surface area contributed by atoms with Crippen molar-refractivity contribution in [1.29, 1.82) is 0 Å². The second-order valence-corrected chi connectivity index (χ2v) is 6.45. The van der Waals surface area contributed by atoms with E-state index >= 15 is 0 Å². The van der Waals surface area contributed by atoms with E-state index in [0.717, 1.165) is 0 Å². The van der Waals surface area contributed by atoms with Crippen molar-refractivity contribution in [3.8, 4) is 0 Å². The summed E-state index contributed by atoms with van der Waals surface area (Å²) in [5.41, 5.74) is 5.87. The second-order valence-electron chi connectivity index (χ2n) is 3.66. The fourth-order valence-corrected chi connectivity index (χ4v) is 3.36. The highest BCUT2D eigenvalue weighted by atomic mass is 79.9. The van der Waals surface area contributed by atoms with Crippen LogP contribution in [0.2, 0.25) is 0 Å². The summed E-state index contributed by atoms with van der Waals surface area (Å²) >= 11 is 3.07. The average molecular weight is 359 g/mol. The van der Waals surface area contributed by atoms with Crippen molar-refractivity contribution >= 4 is 31.6 Å². The third kappa shape index (κ3) is 4.10. The number of halogens is 3. The largest absolute Gasteiger partial charge is 0.398 e. The topological polar surface area (TPSA) is 83.6 Å². The maximum atomic E-state index is 12.4. The molecule has 0 radical (unpaired) electrons. The van der Waals surface area contributed by atoms with E-state index in [-0.39, 0.29) is 4.90 Å². The summed E-state index contributed by atoms with van der Waals surface area (Å²) in [6.07, 6.45) is -2.82. The van der Waals surface area contributed by atoms with Gasteiger partial charge >= 0.3 is 0 Å². The molecule has 5 nitrogen and oxygen atoms in total. The van der Waals surface area contributed by atoms with Gasteiger partial charge in [-0.2, -0.15) is 4.31 Å². The van der Waals surface area contributed by atoms with Crippen LogP contribution in [0.25, 0.3) is 0 Å². The lowest BCUT2D eigenvalue weighted by atomic mass is 10.3. The zero-order chi connectivity index (χ0) is 14.6. The van der Waals surface area contributed by atoms with Crippen LogP contribution < -0.4 is 5.73 Å². The molecule has 1 aromatic carbocycles. The van der Waals surface area contributed by atoms with Crippen LogP contribution in [0.15, 0.2) is 27.6 Å². The number of benzene rings is 1. The van der Waals surface area contributed by atoms with Crippen molar-refractivity contribution < 1.29 is 22.3 Å². The van der Waals surface area contributed by atoms with Crippen LogP contribution in [0.1, 0.15) is 0 Å². The molecule has 1 aromatic rings. The van der Waals surface area contributed by atoms with Crippen LogP contribution >= 0.6 is 15.9 Å². The minimum atomic E-state index is -4.09. The Hall–Kier alpha value is -0.770. The summed E-state index contributed by atoms with van der Waals surface area (Å²) < 4.78 is 49.9. The Morgan fingerprint density at radius 3 is 2.53 bits per heavy atom. The molecule has 1 rings (SSSR count). The number of hydrogen-bond acceptors (Lipinski definition) is 4. The quantitative estimate of drug-likeness (QED) is 0.750. The molecule has 0 heterocycles. The van der Waals surface area contributed by atoms with E-state index in [9.17, 15) is 17.2 Å². The maximum Gasteiger partial charge on any atom is 0.252 e. The first-order valence-electron chi connectivity index (χ1n) is 5.23. The molecule has 0 spiro atoms. The van der Waals surface area contributed by atoms with Gasteiger partial charge in [0.05, 0.1) is 18.0 Å². The molecule has 0 atom stereocenters. The number of nitrogens with two attached hydrogens (primary N) is 1. The Morgan fingerprint density at radius 2 is 2.05 bits per heavy atom. The number of rotatable bonds is 6.